The first-order valence-electron chi connectivity index (χ1n) is 8.60. The second-order valence-electron chi connectivity index (χ2n) is 6.44. The van der Waals surface area contributed by atoms with Crippen molar-refractivity contribution in [1.29, 1.82) is 0 Å². The first-order chi connectivity index (χ1) is 13.6. The molecule has 1 aliphatic rings. The number of H-pyrrole nitrogens is 1. The van der Waals surface area contributed by atoms with E-state index >= 15 is 0 Å². The molecule has 2 aromatic carbocycles. The molecule has 3 heterocycles. The van der Waals surface area contributed by atoms with Crippen LogP contribution in [0.3, 0.4) is 0 Å². The van der Waals surface area contributed by atoms with Gasteiger partial charge in [0.1, 0.15) is 11.7 Å². The predicted molar refractivity (Wildman–Crippen MR) is 116 cm³/mol. The van der Waals surface area contributed by atoms with Gasteiger partial charge in [-0.05, 0) is 47.8 Å². The van der Waals surface area contributed by atoms with Crippen molar-refractivity contribution < 1.29 is 4.79 Å². The standard InChI is InChI=1S/C21H13BrClN3OS/c22-13-5-3-12(4-6-13)18-17-19(25-24-18)21(27)26(15-9-7-14(23)8-10-15)20(17)16-2-1-11-28-16/h1-11,20H,(H,24,25)/t20-/m0/s1. The Morgan fingerprint density at radius 2 is 1.82 bits per heavy atom. The van der Waals surface area contributed by atoms with Crippen molar-refractivity contribution in [1.82, 2.24) is 10.2 Å². The molecule has 0 unspecified atom stereocenters. The van der Waals surface area contributed by atoms with E-state index in [9.17, 15) is 4.79 Å². The summed E-state index contributed by atoms with van der Waals surface area (Å²) in [4.78, 5) is 16.2. The fraction of sp³-hybridized carbons (Fsp3) is 0.0476. The van der Waals surface area contributed by atoms with Crippen LogP contribution < -0.4 is 4.90 Å². The van der Waals surface area contributed by atoms with Gasteiger partial charge in [0, 0.05) is 31.2 Å². The highest BCUT2D eigenvalue weighted by Gasteiger charge is 2.43. The second kappa shape index (κ2) is 6.88. The summed E-state index contributed by atoms with van der Waals surface area (Å²) in [5, 5.41) is 10.1. The third-order valence-electron chi connectivity index (χ3n) is 4.80. The fourth-order valence-corrected chi connectivity index (χ4v) is 4.77. The Morgan fingerprint density at radius 1 is 1.07 bits per heavy atom. The maximum Gasteiger partial charge on any atom is 0.277 e. The zero-order chi connectivity index (χ0) is 19.3. The molecule has 7 heteroatoms. The molecule has 1 amide bonds. The Balaban J connectivity index is 1.70. The minimum atomic E-state index is -0.235. The van der Waals surface area contributed by atoms with Gasteiger partial charge in [0.2, 0.25) is 0 Å². The zero-order valence-corrected chi connectivity index (χ0v) is 17.6. The number of rotatable bonds is 3. The van der Waals surface area contributed by atoms with Crippen molar-refractivity contribution in [3.63, 3.8) is 0 Å². The van der Waals surface area contributed by atoms with Crippen LogP contribution in [0.5, 0.6) is 0 Å². The van der Waals surface area contributed by atoms with Crippen LogP contribution in [0, 0.1) is 0 Å². The summed E-state index contributed by atoms with van der Waals surface area (Å²) >= 11 is 11.2. The summed E-state index contributed by atoms with van der Waals surface area (Å²) in [6.07, 6.45) is 0. The van der Waals surface area contributed by atoms with E-state index in [2.05, 4.69) is 32.2 Å². The zero-order valence-electron chi connectivity index (χ0n) is 14.4. The van der Waals surface area contributed by atoms with Gasteiger partial charge in [-0.25, -0.2) is 0 Å². The molecule has 2 aromatic heterocycles. The largest absolute Gasteiger partial charge is 0.294 e. The van der Waals surface area contributed by atoms with Crippen molar-refractivity contribution in [2.75, 3.05) is 4.90 Å². The van der Waals surface area contributed by atoms with Crippen molar-refractivity contribution in [2.24, 2.45) is 0 Å². The summed E-state index contributed by atoms with van der Waals surface area (Å²) in [6.45, 7) is 0. The van der Waals surface area contributed by atoms with Crippen LogP contribution >= 0.6 is 38.9 Å². The third-order valence-corrected chi connectivity index (χ3v) is 6.51. The van der Waals surface area contributed by atoms with Crippen molar-refractivity contribution in [2.45, 2.75) is 6.04 Å². The number of halogens is 2. The number of hydrogen-bond donors (Lipinski definition) is 1. The molecule has 0 spiro atoms. The quantitative estimate of drug-likeness (QED) is 0.382. The minimum Gasteiger partial charge on any atom is -0.294 e. The van der Waals surface area contributed by atoms with Gasteiger partial charge >= 0.3 is 0 Å². The fourth-order valence-electron chi connectivity index (χ4n) is 3.56. The number of nitrogens with zero attached hydrogens (tertiary/aromatic N) is 2. The summed E-state index contributed by atoms with van der Waals surface area (Å²) in [7, 11) is 0. The number of nitrogens with one attached hydrogen (secondary N) is 1. The van der Waals surface area contributed by atoms with E-state index in [1.807, 2.05) is 52.7 Å². The topological polar surface area (TPSA) is 49.0 Å². The van der Waals surface area contributed by atoms with Gasteiger partial charge in [0.15, 0.2) is 0 Å². The number of aromatic amines is 1. The Bertz CT molecular complexity index is 1150. The lowest BCUT2D eigenvalue weighted by atomic mass is 10.0. The molecule has 0 aliphatic carbocycles. The molecule has 5 rings (SSSR count). The molecule has 4 aromatic rings. The van der Waals surface area contributed by atoms with Gasteiger partial charge in [-0.3, -0.25) is 14.8 Å². The molecule has 0 bridgehead atoms. The van der Waals surface area contributed by atoms with Crippen LogP contribution in [-0.4, -0.2) is 16.1 Å². The van der Waals surface area contributed by atoms with Crippen LogP contribution in [0.4, 0.5) is 5.69 Å². The molecular weight excluding hydrogens is 458 g/mol. The number of thiophene rings is 1. The number of anilines is 1. The van der Waals surface area contributed by atoms with E-state index in [1.54, 1.807) is 23.5 Å². The molecule has 1 N–H and O–H groups in total. The van der Waals surface area contributed by atoms with E-state index in [0.717, 1.165) is 31.9 Å². The van der Waals surface area contributed by atoms with Gasteiger partial charge in [-0.2, -0.15) is 5.10 Å². The Hall–Kier alpha value is -2.41. The molecule has 1 aliphatic heterocycles. The van der Waals surface area contributed by atoms with Crippen molar-refractivity contribution in [3.8, 4) is 11.3 Å². The number of fused-ring (bicyclic) bond motifs is 1. The maximum atomic E-state index is 13.3. The molecule has 4 nitrogen and oxygen atoms in total. The average Bonchev–Trinajstić information content (AvgIpc) is 3.42. The average molecular weight is 471 g/mol. The van der Waals surface area contributed by atoms with Gasteiger partial charge in [-0.1, -0.05) is 45.7 Å². The Morgan fingerprint density at radius 3 is 2.50 bits per heavy atom. The van der Waals surface area contributed by atoms with E-state index in [0.29, 0.717) is 10.7 Å². The highest BCUT2D eigenvalue weighted by atomic mass is 79.9. The number of benzene rings is 2. The van der Waals surface area contributed by atoms with E-state index < -0.39 is 0 Å². The summed E-state index contributed by atoms with van der Waals surface area (Å²) in [5.74, 6) is -0.0911. The van der Waals surface area contributed by atoms with Gasteiger partial charge in [0.25, 0.3) is 5.91 Å². The van der Waals surface area contributed by atoms with Crippen LogP contribution in [-0.2, 0) is 0 Å². The van der Waals surface area contributed by atoms with Crippen LogP contribution in [0.25, 0.3) is 11.3 Å². The van der Waals surface area contributed by atoms with Gasteiger partial charge in [0.05, 0.1) is 5.69 Å². The lowest BCUT2D eigenvalue weighted by Crippen LogP contribution is -2.28. The number of aromatic nitrogens is 2. The predicted octanol–water partition coefficient (Wildman–Crippen LogP) is 6.30. The molecule has 0 radical (unpaired) electrons. The van der Waals surface area contributed by atoms with Crippen molar-refractivity contribution in [3.05, 3.63) is 91.7 Å². The maximum absolute atomic E-state index is 13.3. The molecule has 0 saturated heterocycles. The number of amides is 1. The Labute approximate surface area is 178 Å². The normalized spacial score (nSPS) is 15.9. The monoisotopic (exact) mass is 469 g/mol. The van der Waals surface area contributed by atoms with E-state index in [1.165, 1.54) is 0 Å². The molecule has 138 valence electrons. The highest BCUT2D eigenvalue weighted by molar-refractivity contribution is 9.10. The van der Waals surface area contributed by atoms with E-state index in [4.69, 9.17) is 11.6 Å². The number of carbonyl (C=O) groups excluding carboxylic acids is 1. The number of carbonyl (C=O) groups is 1. The first-order valence-corrected chi connectivity index (χ1v) is 10.7. The lowest BCUT2D eigenvalue weighted by Gasteiger charge is -2.25. The number of hydrogen-bond acceptors (Lipinski definition) is 3. The smallest absolute Gasteiger partial charge is 0.277 e. The highest BCUT2D eigenvalue weighted by Crippen LogP contribution is 2.46. The summed E-state index contributed by atoms with van der Waals surface area (Å²) in [5.41, 5.74) is 4.01. The Kier molecular flexibility index (Phi) is 4.34. The summed E-state index contributed by atoms with van der Waals surface area (Å²) in [6, 6.07) is 19.1. The SMILES string of the molecule is O=C1c2[nH]nc(-c3ccc(Br)cc3)c2[C@H](c2cccs2)N1c1ccc(Cl)cc1. The molecule has 0 fully saturated rings. The first kappa shape index (κ1) is 17.7. The van der Waals surface area contributed by atoms with Gasteiger partial charge in [-0.15, -0.1) is 11.3 Å². The minimum absolute atomic E-state index is 0.0911. The molecule has 0 saturated carbocycles. The molecule has 1 atom stereocenters. The van der Waals surface area contributed by atoms with Crippen molar-refractivity contribution >= 4 is 50.5 Å². The van der Waals surface area contributed by atoms with Crippen LogP contribution in [0.1, 0.15) is 27.0 Å². The molecule has 28 heavy (non-hydrogen) atoms. The molecular formula is C21H13BrClN3OS. The van der Waals surface area contributed by atoms with Crippen LogP contribution in [0.15, 0.2) is 70.5 Å². The van der Waals surface area contributed by atoms with Crippen LogP contribution in [0.2, 0.25) is 5.02 Å². The second-order valence-corrected chi connectivity index (χ2v) is 8.77. The lowest BCUT2D eigenvalue weighted by molar-refractivity contribution is 0.0989. The van der Waals surface area contributed by atoms with Gasteiger partial charge < -0.3 is 0 Å². The summed E-state index contributed by atoms with van der Waals surface area (Å²) < 4.78 is 0.997. The van der Waals surface area contributed by atoms with E-state index in [-0.39, 0.29) is 11.9 Å². The third kappa shape index (κ3) is 2.80.